The first-order chi connectivity index (χ1) is 48.0. The molecule has 0 fully saturated rings. The van der Waals surface area contributed by atoms with E-state index in [9.17, 15) is 19.8 Å². The second-order valence-corrected chi connectivity index (χ2v) is 30.6. The Labute approximate surface area is 607 Å². The summed E-state index contributed by atoms with van der Waals surface area (Å²) in [5.41, 5.74) is 0. The largest absolute Gasteiger partial charge is 0.466 e. The number of hydrogen-bond donors (Lipinski definition) is 3. The highest BCUT2D eigenvalue weighted by Crippen LogP contribution is 2.21. The zero-order chi connectivity index (χ0) is 69.8. The Bertz CT molecular complexity index is 1620. The summed E-state index contributed by atoms with van der Waals surface area (Å²) in [6.45, 7) is 4.99. The van der Waals surface area contributed by atoms with Crippen molar-refractivity contribution in [1.29, 1.82) is 0 Å². The van der Waals surface area contributed by atoms with Gasteiger partial charge in [0.05, 0.1) is 25.4 Å². The van der Waals surface area contributed by atoms with Gasteiger partial charge in [0.1, 0.15) is 0 Å². The van der Waals surface area contributed by atoms with Crippen LogP contribution < -0.4 is 5.32 Å². The van der Waals surface area contributed by atoms with Crippen LogP contribution >= 0.6 is 0 Å². The van der Waals surface area contributed by atoms with Crippen molar-refractivity contribution < 1.29 is 24.5 Å². The Balaban J connectivity index is 3.36. The summed E-state index contributed by atoms with van der Waals surface area (Å²) in [6, 6.07) is -0.541. The maximum absolute atomic E-state index is 12.6. The van der Waals surface area contributed by atoms with Crippen LogP contribution in [0.2, 0.25) is 0 Å². The molecule has 6 heteroatoms. The molecule has 6 nitrogen and oxygen atoms in total. The molecule has 0 aromatic heterocycles. The van der Waals surface area contributed by atoms with Crippen LogP contribution in [0.4, 0.5) is 0 Å². The molecule has 0 bridgehead atoms. The van der Waals surface area contributed by atoms with Gasteiger partial charge < -0.3 is 20.3 Å². The van der Waals surface area contributed by atoms with Crippen molar-refractivity contribution in [1.82, 2.24) is 5.32 Å². The molecular formula is C91H173NO5. The average molecular weight is 1360 g/mol. The van der Waals surface area contributed by atoms with Gasteiger partial charge in [0.2, 0.25) is 5.91 Å². The first-order valence-electron chi connectivity index (χ1n) is 44.4. The minimum absolute atomic E-state index is 0.0137. The monoisotopic (exact) mass is 1360 g/mol. The fourth-order valence-electron chi connectivity index (χ4n) is 14.1. The number of aliphatic hydroxyl groups is 2. The van der Waals surface area contributed by atoms with E-state index in [1.54, 1.807) is 0 Å². The molecule has 0 aromatic rings. The van der Waals surface area contributed by atoms with E-state index in [2.05, 4.69) is 67.8 Å². The number of hydrogen-bond acceptors (Lipinski definition) is 5. The molecule has 97 heavy (non-hydrogen) atoms. The van der Waals surface area contributed by atoms with Crippen molar-refractivity contribution in [3.05, 3.63) is 48.6 Å². The average Bonchev–Trinajstić information content (AvgIpc) is 2.52. The predicted octanol–water partition coefficient (Wildman–Crippen LogP) is 29.9. The first kappa shape index (κ1) is 94.8. The van der Waals surface area contributed by atoms with E-state index in [1.807, 2.05) is 0 Å². The lowest BCUT2D eigenvalue weighted by atomic mass is 10.0. The van der Waals surface area contributed by atoms with Gasteiger partial charge >= 0.3 is 5.97 Å². The van der Waals surface area contributed by atoms with Crippen LogP contribution in [0.15, 0.2) is 48.6 Å². The molecule has 0 aromatic carbocycles. The Hall–Kier alpha value is -2.18. The summed E-state index contributed by atoms with van der Waals surface area (Å²) in [5, 5.41) is 23.5. The fourth-order valence-corrected chi connectivity index (χ4v) is 14.1. The molecule has 572 valence electrons. The quantitative estimate of drug-likeness (QED) is 0.0320. The first-order valence-corrected chi connectivity index (χ1v) is 44.4. The van der Waals surface area contributed by atoms with Crippen LogP contribution in [0.1, 0.15) is 495 Å². The van der Waals surface area contributed by atoms with Gasteiger partial charge in [-0.05, 0) is 89.9 Å². The third-order valence-corrected chi connectivity index (χ3v) is 20.9. The van der Waals surface area contributed by atoms with E-state index in [-0.39, 0.29) is 18.5 Å². The fraction of sp³-hybridized carbons (Fsp3) is 0.890. The number of carbonyl (C=O) groups is 2. The van der Waals surface area contributed by atoms with Crippen LogP contribution in [0.3, 0.4) is 0 Å². The van der Waals surface area contributed by atoms with Crippen LogP contribution in [0, 0.1) is 0 Å². The number of allylic oxidation sites excluding steroid dienone is 8. The van der Waals surface area contributed by atoms with Crippen LogP contribution in [-0.4, -0.2) is 47.4 Å². The minimum atomic E-state index is -0.664. The van der Waals surface area contributed by atoms with Crippen LogP contribution in [-0.2, 0) is 14.3 Å². The van der Waals surface area contributed by atoms with Gasteiger partial charge in [-0.1, -0.05) is 441 Å². The molecular weight excluding hydrogens is 1190 g/mol. The van der Waals surface area contributed by atoms with Crippen molar-refractivity contribution >= 4 is 11.9 Å². The smallest absolute Gasteiger partial charge is 0.305 e. The third-order valence-electron chi connectivity index (χ3n) is 20.9. The highest BCUT2D eigenvalue weighted by atomic mass is 16.5. The lowest BCUT2D eigenvalue weighted by Crippen LogP contribution is -2.45. The number of rotatable bonds is 84. The van der Waals surface area contributed by atoms with Crippen molar-refractivity contribution in [2.75, 3.05) is 13.2 Å². The minimum Gasteiger partial charge on any atom is -0.466 e. The summed E-state index contributed by atoms with van der Waals surface area (Å²) in [4.78, 5) is 24.7. The van der Waals surface area contributed by atoms with Crippen molar-refractivity contribution in [2.45, 2.75) is 508 Å². The number of nitrogens with one attached hydrogen (secondary N) is 1. The SMILES string of the molecule is CCCCCC/C=C\C/C=C\CCCCCCCCCC(=O)OCCCCCCCCCCCCCCCCC/C=C\C/C=C\CCCCCCCCCCCCCCCCCCCC(=O)NC(CO)C(O)CCCCCCCCCCCCCCCCCCCCCCCCC. The lowest BCUT2D eigenvalue weighted by Gasteiger charge is -2.22. The van der Waals surface area contributed by atoms with E-state index in [4.69, 9.17) is 4.74 Å². The summed E-state index contributed by atoms with van der Waals surface area (Å²) < 4.78 is 5.51. The number of amides is 1. The highest BCUT2D eigenvalue weighted by Gasteiger charge is 2.20. The zero-order valence-electron chi connectivity index (χ0n) is 65.8. The highest BCUT2D eigenvalue weighted by molar-refractivity contribution is 5.76. The Morgan fingerprint density at radius 3 is 0.794 bits per heavy atom. The van der Waals surface area contributed by atoms with Crippen LogP contribution in [0.5, 0.6) is 0 Å². The molecule has 3 N–H and O–H groups in total. The van der Waals surface area contributed by atoms with Crippen molar-refractivity contribution in [3.8, 4) is 0 Å². The molecule has 0 saturated heterocycles. The second-order valence-electron chi connectivity index (χ2n) is 30.6. The van der Waals surface area contributed by atoms with Gasteiger partial charge in [-0.15, -0.1) is 0 Å². The van der Waals surface area contributed by atoms with Crippen molar-refractivity contribution in [2.24, 2.45) is 0 Å². The predicted molar refractivity (Wildman–Crippen MR) is 430 cm³/mol. The molecule has 0 aliphatic rings. The molecule has 0 radical (unpaired) electrons. The molecule has 1 amide bonds. The van der Waals surface area contributed by atoms with E-state index < -0.39 is 12.1 Å². The van der Waals surface area contributed by atoms with Gasteiger partial charge in [-0.2, -0.15) is 0 Å². The number of aliphatic hydroxyl groups excluding tert-OH is 2. The number of unbranched alkanes of at least 4 members (excludes halogenated alkanes) is 65. The van der Waals surface area contributed by atoms with Gasteiger partial charge in [0.15, 0.2) is 0 Å². The molecule has 0 saturated carbocycles. The normalized spacial score (nSPS) is 12.7. The third kappa shape index (κ3) is 82.7. The molecule has 0 spiro atoms. The summed E-state index contributed by atoms with van der Waals surface area (Å²) in [5.74, 6) is -0.0125. The summed E-state index contributed by atoms with van der Waals surface area (Å²) in [7, 11) is 0. The van der Waals surface area contributed by atoms with E-state index in [1.165, 1.54) is 405 Å². The Morgan fingerprint density at radius 2 is 0.515 bits per heavy atom. The lowest BCUT2D eigenvalue weighted by molar-refractivity contribution is -0.143. The van der Waals surface area contributed by atoms with Gasteiger partial charge in [0, 0.05) is 12.8 Å². The van der Waals surface area contributed by atoms with Crippen LogP contribution in [0.25, 0.3) is 0 Å². The maximum atomic E-state index is 12.6. The Morgan fingerprint density at radius 1 is 0.289 bits per heavy atom. The topological polar surface area (TPSA) is 95.9 Å². The van der Waals surface area contributed by atoms with Crippen molar-refractivity contribution in [3.63, 3.8) is 0 Å². The van der Waals surface area contributed by atoms with E-state index in [0.717, 1.165) is 57.8 Å². The molecule has 0 rings (SSSR count). The molecule has 0 heterocycles. The molecule has 2 unspecified atom stereocenters. The maximum Gasteiger partial charge on any atom is 0.305 e. The Kier molecular flexibility index (Phi) is 84.3. The second kappa shape index (κ2) is 86.2. The van der Waals surface area contributed by atoms with Gasteiger partial charge in [-0.3, -0.25) is 9.59 Å². The number of carbonyl (C=O) groups excluding carboxylic acids is 2. The molecule has 2 atom stereocenters. The van der Waals surface area contributed by atoms with E-state index >= 15 is 0 Å². The summed E-state index contributed by atoms with van der Waals surface area (Å²) >= 11 is 0. The standard InChI is InChI=1S/C91H173NO5/c1-3-5-7-9-11-13-15-17-19-21-23-24-42-45-48-51-55-59-63-67-71-75-79-83-89(94)88(87-93)92-90(95)84-80-76-72-68-64-60-56-52-49-46-43-40-38-36-34-32-30-28-26-25-27-29-31-33-35-37-39-41-44-47-50-54-58-62-66-70-74-78-82-86-97-91(96)85-81-77-73-69-65-61-57-53-22-20-18-16-14-12-10-8-6-4-2/h14,16,20,22,25-26,29,31,88-89,93-94H,3-13,15,17-19,21,23-24,27-28,30,32-87H2,1-2H3,(H,92,95)/b16-14-,22-20-,26-25-,31-29-. The van der Waals surface area contributed by atoms with Gasteiger partial charge in [0.25, 0.3) is 0 Å². The summed E-state index contributed by atoms with van der Waals surface area (Å²) in [6.07, 6.45) is 115. The molecule has 0 aliphatic carbocycles. The number of ether oxygens (including phenoxy) is 1. The number of esters is 1. The zero-order valence-corrected chi connectivity index (χ0v) is 65.8. The van der Waals surface area contributed by atoms with Gasteiger partial charge in [-0.25, -0.2) is 0 Å². The van der Waals surface area contributed by atoms with E-state index in [0.29, 0.717) is 25.9 Å². The molecule has 0 aliphatic heterocycles.